The van der Waals surface area contributed by atoms with Crippen molar-refractivity contribution in [1.29, 1.82) is 0 Å². The molecule has 0 aliphatic heterocycles. The van der Waals surface area contributed by atoms with Crippen LogP contribution in [0.1, 0.15) is 25.7 Å². The fourth-order valence-electron chi connectivity index (χ4n) is 1.11. The monoisotopic (exact) mass is 252 g/mol. The van der Waals surface area contributed by atoms with E-state index in [2.05, 4.69) is 20.8 Å². The first kappa shape index (κ1) is 13.8. The Morgan fingerprint density at radius 2 is 2.06 bits per heavy atom. The van der Waals surface area contributed by atoms with Crippen molar-refractivity contribution in [3.05, 3.63) is 5.89 Å². The number of hydrogen-bond donors (Lipinski definition) is 2. The normalized spacial score (nSPS) is 11.8. The van der Waals surface area contributed by atoms with Crippen LogP contribution in [0.15, 0.2) is 4.42 Å². The van der Waals surface area contributed by atoms with Gasteiger partial charge in [0.25, 0.3) is 0 Å². The van der Waals surface area contributed by atoms with E-state index in [9.17, 15) is 13.2 Å². The summed E-state index contributed by atoms with van der Waals surface area (Å²) in [4.78, 5) is 0. The third-order valence-corrected chi connectivity index (χ3v) is 1.91. The van der Waals surface area contributed by atoms with Gasteiger partial charge in [-0.1, -0.05) is 12.0 Å². The fraction of sp³-hybridized carbons (Fsp3) is 0.778. The van der Waals surface area contributed by atoms with E-state index in [-0.39, 0.29) is 19.0 Å². The Labute approximate surface area is 96.8 Å². The minimum absolute atomic E-state index is 0.0194. The van der Waals surface area contributed by atoms with E-state index in [1.54, 1.807) is 0 Å². The van der Waals surface area contributed by atoms with E-state index in [4.69, 9.17) is 4.42 Å². The Kier molecular flexibility index (Phi) is 5.20. The molecule has 1 aromatic rings. The molecule has 98 valence electrons. The van der Waals surface area contributed by atoms with Gasteiger partial charge in [0.15, 0.2) is 0 Å². The zero-order valence-electron chi connectivity index (χ0n) is 9.47. The predicted octanol–water partition coefficient (Wildman–Crippen LogP) is 1.93. The van der Waals surface area contributed by atoms with Crippen LogP contribution in [0.2, 0.25) is 0 Å². The van der Waals surface area contributed by atoms with Gasteiger partial charge in [-0.15, -0.1) is 5.10 Å². The first-order valence-electron chi connectivity index (χ1n) is 5.35. The summed E-state index contributed by atoms with van der Waals surface area (Å²) in [5.74, 6) is 0.408. The second kappa shape index (κ2) is 6.43. The lowest BCUT2D eigenvalue weighted by Crippen LogP contribution is -2.11. The van der Waals surface area contributed by atoms with Gasteiger partial charge in [0.05, 0.1) is 6.54 Å². The Hall–Kier alpha value is -1.31. The number of halogens is 3. The van der Waals surface area contributed by atoms with E-state index in [0.29, 0.717) is 12.4 Å². The highest BCUT2D eigenvalue weighted by Gasteiger charge is 2.25. The number of anilines is 1. The van der Waals surface area contributed by atoms with E-state index >= 15 is 0 Å². The molecule has 0 atom stereocenters. The molecular weight excluding hydrogens is 237 g/mol. The van der Waals surface area contributed by atoms with Crippen LogP contribution in [0.25, 0.3) is 0 Å². The maximum atomic E-state index is 11.8. The molecule has 0 fully saturated rings. The lowest BCUT2D eigenvalue weighted by molar-refractivity contribution is -0.134. The van der Waals surface area contributed by atoms with Crippen LogP contribution in [-0.2, 0) is 6.54 Å². The molecule has 0 spiro atoms. The summed E-state index contributed by atoms with van der Waals surface area (Å²) in [5, 5.41) is 13.0. The zero-order valence-corrected chi connectivity index (χ0v) is 9.47. The molecular formula is C9H15F3N4O. The summed E-state index contributed by atoms with van der Waals surface area (Å²) in [7, 11) is 0. The quantitative estimate of drug-likeness (QED) is 0.726. The van der Waals surface area contributed by atoms with Crippen molar-refractivity contribution < 1.29 is 17.6 Å². The third kappa shape index (κ3) is 6.10. The first-order valence-corrected chi connectivity index (χ1v) is 5.35. The van der Waals surface area contributed by atoms with Crippen LogP contribution in [0, 0.1) is 0 Å². The van der Waals surface area contributed by atoms with Gasteiger partial charge in [0.2, 0.25) is 5.89 Å². The Morgan fingerprint density at radius 3 is 2.71 bits per heavy atom. The number of alkyl halides is 3. The highest BCUT2D eigenvalue weighted by molar-refractivity contribution is 5.16. The number of nitrogens with zero attached hydrogens (tertiary/aromatic N) is 2. The summed E-state index contributed by atoms with van der Waals surface area (Å²) < 4.78 is 40.7. The standard InChI is InChI=1S/C9H15F3N4O/c1-2-13-6-7-15-16-8(17-7)14-5-3-4-9(10,11)12/h13H,2-6H2,1H3,(H,14,16). The lowest BCUT2D eigenvalue weighted by Gasteiger charge is -2.05. The summed E-state index contributed by atoms with van der Waals surface area (Å²) >= 11 is 0. The Morgan fingerprint density at radius 1 is 1.29 bits per heavy atom. The minimum atomic E-state index is -4.12. The van der Waals surface area contributed by atoms with E-state index in [1.807, 2.05) is 6.92 Å². The number of aromatic nitrogens is 2. The summed E-state index contributed by atoms with van der Waals surface area (Å²) in [6.07, 6.45) is -4.96. The molecule has 0 aromatic carbocycles. The molecule has 1 aromatic heterocycles. The van der Waals surface area contributed by atoms with Crippen molar-refractivity contribution >= 4 is 6.01 Å². The van der Waals surface area contributed by atoms with Crippen molar-refractivity contribution in [3.63, 3.8) is 0 Å². The molecule has 0 saturated heterocycles. The molecule has 0 radical (unpaired) electrons. The Balaban J connectivity index is 2.21. The van der Waals surface area contributed by atoms with Gasteiger partial charge < -0.3 is 15.1 Å². The van der Waals surface area contributed by atoms with Gasteiger partial charge in [-0.05, 0) is 13.0 Å². The Bertz CT molecular complexity index is 326. The molecule has 0 aliphatic rings. The van der Waals surface area contributed by atoms with Crippen molar-refractivity contribution in [2.24, 2.45) is 0 Å². The van der Waals surface area contributed by atoms with Crippen LogP contribution in [0.5, 0.6) is 0 Å². The molecule has 0 aliphatic carbocycles. The maximum Gasteiger partial charge on any atom is 0.389 e. The van der Waals surface area contributed by atoms with Crippen molar-refractivity contribution in [2.75, 3.05) is 18.4 Å². The number of hydrogen-bond acceptors (Lipinski definition) is 5. The highest BCUT2D eigenvalue weighted by Crippen LogP contribution is 2.21. The second-order valence-corrected chi connectivity index (χ2v) is 3.43. The van der Waals surface area contributed by atoms with E-state index in [0.717, 1.165) is 6.54 Å². The van der Waals surface area contributed by atoms with Gasteiger partial charge in [0.1, 0.15) is 0 Å². The topological polar surface area (TPSA) is 63.0 Å². The van der Waals surface area contributed by atoms with Gasteiger partial charge in [-0.25, -0.2) is 0 Å². The summed E-state index contributed by atoms with van der Waals surface area (Å²) in [5.41, 5.74) is 0. The zero-order chi connectivity index (χ0) is 12.7. The second-order valence-electron chi connectivity index (χ2n) is 3.43. The highest BCUT2D eigenvalue weighted by atomic mass is 19.4. The van der Waals surface area contributed by atoms with Crippen LogP contribution in [0.3, 0.4) is 0 Å². The molecule has 0 unspecified atom stereocenters. The van der Waals surface area contributed by atoms with Crippen LogP contribution in [-0.4, -0.2) is 29.5 Å². The lowest BCUT2D eigenvalue weighted by atomic mass is 10.3. The van der Waals surface area contributed by atoms with Gasteiger partial charge in [0, 0.05) is 13.0 Å². The van der Waals surface area contributed by atoms with E-state index < -0.39 is 12.6 Å². The molecule has 2 N–H and O–H groups in total. The molecule has 1 heterocycles. The van der Waals surface area contributed by atoms with Crippen molar-refractivity contribution in [2.45, 2.75) is 32.5 Å². The number of nitrogens with one attached hydrogen (secondary N) is 2. The molecule has 5 nitrogen and oxygen atoms in total. The smallest absolute Gasteiger partial charge is 0.389 e. The SMILES string of the molecule is CCNCc1nnc(NCCCC(F)(F)F)o1. The van der Waals surface area contributed by atoms with Crippen LogP contribution >= 0.6 is 0 Å². The van der Waals surface area contributed by atoms with Crippen LogP contribution < -0.4 is 10.6 Å². The predicted molar refractivity (Wildman–Crippen MR) is 55.5 cm³/mol. The molecule has 17 heavy (non-hydrogen) atoms. The first-order chi connectivity index (χ1) is 8.01. The molecule has 0 amide bonds. The summed E-state index contributed by atoms with van der Waals surface area (Å²) in [6, 6.07) is 0.153. The molecule has 8 heteroatoms. The van der Waals surface area contributed by atoms with Crippen molar-refractivity contribution in [3.8, 4) is 0 Å². The summed E-state index contributed by atoms with van der Waals surface area (Å²) in [6.45, 7) is 3.32. The molecule has 0 bridgehead atoms. The maximum absolute atomic E-state index is 11.8. The van der Waals surface area contributed by atoms with Crippen molar-refractivity contribution in [1.82, 2.24) is 15.5 Å². The fourth-order valence-corrected chi connectivity index (χ4v) is 1.11. The van der Waals surface area contributed by atoms with Crippen LogP contribution in [0.4, 0.5) is 19.2 Å². The molecule has 0 saturated carbocycles. The third-order valence-electron chi connectivity index (χ3n) is 1.91. The average molecular weight is 252 g/mol. The largest absolute Gasteiger partial charge is 0.407 e. The number of rotatable bonds is 7. The average Bonchev–Trinajstić information content (AvgIpc) is 2.68. The van der Waals surface area contributed by atoms with Gasteiger partial charge >= 0.3 is 12.2 Å². The minimum Gasteiger partial charge on any atom is -0.407 e. The van der Waals surface area contributed by atoms with E-state index in [1.165, 1.54) is 0 Å². The van der Waals surface area contributed by atoms with Gasteiger partial charge in [-0.3, -0.25) is 0 Å². The van der Waals surface area contributed by atoms with Gasteiger partial charge in [-0.2, -0.15) is 13.2 Å². The molecule has 1 rings (SSSR count).